The van der Waals surface area contributed by atoms with E-state index >= 15 is 0 Å². The van der Waals surface area contributed by atoms with Gasteiger partial charge >= 0.3 is 0 Å². The van der Waals surface area contributed by atoms with Crippen LogP contribution in [0.3, 0.4) is 0 Å². The van der Waals surface area contributed by atoms with Gasteiger partial charge in [-0.3, -0.25) is 0 Å². The molecule has 0 heterocycles. The van der Waals surface area contributed by atoms with Crippen molar-refractivity contribution in [1.82, 2.24) is 0 Å². The molecule has 0 N–H and O–H groups in total. The molecule has 0 unspecified atom stereocenters. The van der Waals surface area contributed by atoms with Crippen LogP contribution in [-0.2, 0) is 0 Å². The van der Waals surface area contributed by atoms with Gasteiger partial charge in [0.1, 0.15) is 0 Å². The van der Waals surface area contributed by atoms with Crippen molar-refractivity contribution in [2.24, 2.45) is 0 Å². The second-order valence-electron chi connectivity index (χ2n) is 8.57. The Balaban J connectivity index is 4.78. The normalized spacial score (nSPS) is 12.8. The van der Waals surface area contributed by atoms with Crippen LogP contribution in [0.1, 0.15) is 97.8 Å². The van der Waals surface area contributed by atoms with Gasteiger partial charge in [0.2, 0.25) is 0 Å². The largest absolute Gasteiger partial charge is 0.190 e. The molecule has 0 rings (SSSR count). The number of halogens is 1. The minimum atomic E-state index is -1.48. The third-order valence-electron chi connectivity index (χ3n) is 5.17. The quantitative estimate of drug-likeness (QED) is 0.100. The Labute approximate surface area is 161 Å². The first-order valence-electron chi connectivity index (χ1n) is 10.9. The highest BCUT2D eigenvalue weighted by molar-refractivity contribution is 7.78. The van der Waals surface area contributed by atoms with Gasteiger partial charge in [-0.2, -0.15) is 11.1 Å². The van der Waals surface area contributed by atoms with Crippen molar-refractivity contribution < 1.29 is 0 Å². The van der Waals surface area contributed by atoms with E-state index in [4.69, 9.17) is 11.1 Å². The maximum Gasteiger partial charge on any atom is 0.190 e. The lowest BCUT2D eigenvalue weighted by molar-refractivity contribution is 0.683. The fourth-order valence-corrected chi connectivity index (χ4v) is 17.9. The van der Waals surface area contributed by atoms with Crippen molar-refractivity contribution in [1.29, 1.82) is 0 Å². The first-order valence-corrected chi connectivity index (χ1v) is 17.7. The first-order chi connectivity index (χ1) is 11.4. The molecule has 0 aliphatic carbocycles. The van der Waals surface area contributed by atoms with Crippen molar-refractivity contribution in [3.8, 4) is 0 Å². The molecule has 0 bridgehead atoms. The zero-order chi connectivity index (χ0) is 18.3. The average Bonchev–Trinajstić information content (AvgIpc) is 2.51. The second-order valence-corrected chi connectivity index (χ2v) is 20.4. The minimum absolute atomic E-state index is 0.808. The van der Waals surface area contributed by atoms with Gasteiger partial charge in [0.05, 0.1) is 24.3 Å². The minimum Gasteiger partial charge on any atom is -0.163 e. The van der Waals surface area contributed by atoms with Crippen molar-refractivity contribution in [2.75, 3.05) is 24.3 Å². The van der Waals surface area contributed by atoms with E-state index in [1.807, 2.05) is 0 Å². The molecule has 0 aromatic carbocycles. The van der Waals surface area contributed by atoms with Gasteiger partial charge in [0, 0.05) is 7.26 Å². The summed E-state index contributed by atoms with van der Waals surface area (Å²) in [6, 6.07) is 0. The Hall–Kier alpha value is 0.937. The van der Waals surface area contributed by atoms with Gasteiger partial charge in [-0.25, -0.2) is 0 Å². The molecule has 146 valence electrons. The highest BCUT2D eigenvalue weighted by atomic mass is 35.6. The molecular weight excluding hydrogens is 347 g/mol. The van der Waals surface area contributed by atoms with Gasteiger partial charge < -0.3 is 0 Å². The summed E-state index contributed by atoms with van der Waals surface area (Å²) < 4.78 is 0. The standard InChI is InChI=1S/C21H47ClPSi/c1-6-9-12-15-18-23(21-24(4,5)22,19-16-13-10-7-2)20-17-14-11-8-3/h6-21H2,1-5H3/q+1. The molecule has 0 saturated carbocycles. The van der Waals surface area contributed by atoms with Crippen LogP contribution in [0.5, 0.6) is 0 Å². The number of unbranched alkanes of at least 4 members (excludes halogenated alkanes) is 9. The summed E-state index contributed by atoms with van der Waals surface area (Å²) in [7, 11) is -2.28. The third kappa shape index (κ3) is 14.1. The van der Waals surface area contributed by atoms with Crippen LogP contribution in [0.2, 0.25) is 13.1 Å². The third-order valence-corrected chi connectivity index (χ3v) is 15.7. The van der Waals surface area contributed by atoms with E-state index in [-0.39, 0.29) is 0 Å². The highest BCUT2D eigenvalue weighted by Crippen LogP contribution is 2.62. The van der Waals surface area contributed by atoms with Gasteiger partial charge in [-0.15, -0.1) is 0 Å². The van der Waals surface area contributed by atoms with Crippen LogP contribution in [0.25, 0.3) is 0 Å². The smallest absolute Gasteiger partial charge is 0.163 e. The molecule has 0 fully saturated rings. The SMILES string of the molecule is CCCCCC[P+](CCCCCC)(CCCCCC)C[Si](C)(C)Cl. The Morgan fingerprint density at radius 1 is 0.583 bits per heavy atom. The monoisotopic (exact) mass is 393 g/mol. The Morgan fingerprint density at radius 2 is 0.917 bits per heavy atom. The topological polar surface area (TPSA) is 0 Å². The Bertz CT molecular complexity index is 244. The van der Waals surface area contributed by atoms with E-state index in [1.54, 1.807) is 18.5 Å². The molecule has 0 saturated heterocycles. The van der Waals surface area contributed by atoms with Crippen LogP contribution in [0.4, 0.5) is 0 Å². The zero-order valence-corrected chi connectivity index (χ0v) is 20.3. The molecule has 0 aromatic rings. The lowest BCUT2D eigenvalue weighted by Gasteiger charge is -2.32. The molecular formula is C21H47ClPSi+. The van der Waals surface area contributed by atoms with Crippen molar-refractivity contribution in [3.63, 3.8) is 0 Å². The summed E-state index contributed by atoms with van der Waals surface area (Å²) in [5, 5.41) is 0. The second kappa shape index (κ2) is 15.0. The molecule has 0 radical (unpaired) electrons. The van der Waals surface area contributed by atoms with Crippen LogP contribution in [-0.4, -0.2) is 31.7 Å². The Kier molecular flexibility index (Phi) is 15.6. The van der Waals surface area contributed by atoms with Gasteiger partial charge in [-0.05, 0) is 38.5 Å². The van der Waals surface area contributed by atoms with Gasteiger partial charge in [0.25, 0.3) is 0 Å². The van der Waals surface area contributed by atoms with Crippen LogP contribution >= 0.6 is 18.3 Å². The lowest BCUT2D eigenvalue weighted by Crippen LogP contribution is -2.29. The summed E-state index contributed by atoms with van der Waals surface area (Å²) in [5.41, 5.74) is 0. The molecule has 0 nitrogen and oxygen atoms in total. The van der Waals surface area contributed by atoms with Gasteiger partial charge in [0.15, 0.2) is 7.38 Å². The molecule has 0 aliphatic rings. The first kappa shape index (κ1) is 24.9. The van der Waals surface area contributed by atoms with E-state index in [0.29, 0.717) is 0 Å². The van der Waals surface area contributed by atoms with E-state index in [2.05, 4.69) is 33.9 Å². The van der Waals surface area contributed by atoms with Gasteiger partial charge in [-0.1, -0.05) is 72.4 Å². The molecule has 3 heteroatoms. The zero-order valence-electron chi connectivity index (χ0n) is 17.6. The molecule has 24 heavy (non-hydrogen) atoms. The number of hydrogen-bond acceptors (Lipinski definition) is 0. The van der Waals surface area contributed by atoms with E-state index in [9.17, 15) is 0 Å². The van der Waals surface area contributed by atoms with Crippen molar-refractivity contribution in [3.05, 3.63) is 0 Å². The van der Waals surface area contributed by atoms with E-state index in [1.165, 1.54) is 82.8 Å². The molecule has 0 atom stereocenters. The fourth-order valence-electron chi connectivity index (χ4n) is 3.99. The predicted octanol–water partition coefficient (Wildman–Crippen LogP) is 8.73. The fraction of sp³-hybridized carbons (Fsp3) is 1.00. The lowest BCUT2D eigenvalue weighted by atomic mass is 10.2. The van der Waals surface area contributed by atoms with E-state index < -0.39 is 14.6 Å². The molecule has 0 aliphatic heterocycles. The number of rotatable bonds is 17. The molecule has 0 aromatic heterocycles. The van der Waals surface area contributed by atoms with Crippen LogP contribution in [0.15, 0.2) is 0 Å². The van der Waals surface area contributed by atoms with Crippen molar-refractivity contribution in [2.45, 2.75) is 111 Å². The Morgan fingerprint density at radius 3 is 1.17 bits per heavy atom. The predicted molar refractivity (Wildman–Crippen MR) is 122 cm³/mol. The summed E-state index contributed by atoms with van der Waals surface area (Å²) in [6.07, 6.45) is 21.8. The molecule has 0 amide bonds. The summed E-state index contributed by atoms with van der Waals surface area (Å²) in [4.78, 5) is 0. The van der Waals surface area contributed by atoms with Crippen LogP contribution < -0.4 is 0 Å². The molecule has 0 spiro atoms. The maximum atomic E-state index is 6.90. The number of hydrogen-bond donors (Lipinski definition) is 0. The van der Waals surface area contributed by atoms with Crippen molar-refractivity contribution >= 4 is 25.7 Å². The maximum absolute atomic E-state index is 6.90. The summed E-state index contributed by atoms with van der Waals surface area (Å²) in [6.45, 7) is 11.8. The highest BCUT2D eigenvalue weighted by Gasteiger charge is 2.41. The summed E-state index contributed by atoms with van der Waals surface area (Å²) in [5.74, 6) is 1.45. The van der Waals surface area contributed by atoms with E-state index in [0.717, 1.165) is 0 Å². The van der Waals surface area contributed by atoms with Crippen LogP contribution in [0, 0.1) is 0 Å². The average molecular weight is 394 g/mol. The summed E-state index contributed by atoms with van der Waals surface area (Å²) >= 11 is 6.90.